The average molecular weight is 548 g/mol. The van der Waals surface area contributed by atoms with Gasteiger partial charge < -0.3 is 15.1 Å². The van der Waals surface area contributed by atoms with Gasteiger partial charge in [0.2, 0.25) is 10.0 Å². The Kier molecular flexibility index (Phi) is 9.40. The standard InChI is InChI=1S/C22H37N5O5S3/c1-13(2)14-10-16(32-12-14)17(21(3,4)5)24-19-18(25-34(29)26-19)23-11-15(28)20(33-9)35(30,31)27-22(6,7)8/h10,12-13,17,20,27H,11H2,1-9H3,(H,23,25)(H,24,26)/t17-,20?,34?/m0/s1. The van der Waals surface area contributed by atoms with Gasteiger partial charge in [-0.15, -0.1) is 20.6 Å². The Bertz CT molecular complexity index is 1110. The summed E-state index contributed by atoms with van der Waals surface area (Å²) in [7, 11) is -3.91. The zero-order valence-electron chi connectivity index (χ0n) is 21.8. The molecule has 0 aliphatic carbocycles. The van der Waals surface area contributed by atoms with E-state index < -0.39 is 37.1 Å². The van der Waals surface area contributed by atoms with E-state index in [0.29, 0.717) is 11.7 Å². The molecule has 0 saturated carbocycles. The first-order valence-electron chi connectivity index (χ1n) is 11.2. The van der Waals surface area contributed by atoms with Crippen molar-refractivity contribution >= 4 is 50.4 Å². The van der Waals surface area contributed by atoms with Crippen molar-refractivity contribution < 1.29 is 21.8 Å². The van der Waals surface area contributed by atoms with Crippen LogP contribution >= 0.6 is 11.8 Å². The maximum atomic E-state index is 12.8. The summed E-state index contributed by atoms with van der Waals surface area (Å²) in [6.07, 6.45) is 3.28. The van der Waals surface area contributed by atoms with Crippen LogP contribution in [0.25, 0.3) is 0 Å². The molecule has 0 bridgehead atoms. The van der Waals surface area contributed by atoms with Crippen molar-refractivity contribution in [1.29, 1.82) is 0 Å². The highest BCUT2D eigenvalue weighted by atomic mass is 32.3. The van der Waals surface area contributed by atoms with Gasteiger partial charge in [-0.1, -0.05) is 34.6 Å². The fourth-order valence-corrected chi connectivity index (χ4v) is 6.85. The second kappa shape index (κ2) is 11.1. The molecule has 1 aliphatic heterocycles. The summed E-state index contributed by atoms with van der Waals surface area (Å²) in [6.45, 7) is 15.0. The molecule has 1 aliphatic rings. The number of ketones is 1. The van der Waals surface area contributed by atoms with Gasteiger partial charge in [-0.2, -0.15) is 0 Å². The number of nitrogens with one attached hydrogen (secondary N) is 3. The number of furan rings is 1. The van der Waals surface area contributed by atoms with Gasteiger partial charge in [0.05, 0.1) is 18.8 Å². The van der Waals surface area contributed by atoms with Crippen molar-refractivity contribution in [1.82, 2.24) is 15.4 Å². The Labute approximate surface area is 215 Å². The third-order valence-electron chi connectivity index (χ3n) is 4.94. The molecule has 1 aromatic rings. The predicted octanol–water partition coefficient (Wildman–Crippen LogP) is 3.03. The van der Waals surface area contributed by atoms with Crippen LogP contribution in [-0.4, -0.2) is 53.0 Å². The van der Waals surface area contributed by atoms with Crippen molar-refractivity contribution in [2.45, 2.75) is 77.5 Å². The lowest BCUT2D eigenvalue weighted by Gasteiger charge is -2.30. The molecular formula is C22H37N5O5S3. The molecule has 1 aromatic heterocycles. The number of nitrogens with zero attached hydrogens (tertiary/aromatic N) is 2. The minimum atomic E-state index is -3.91. The number of amidine groups is 2. The number of hydrogen-bond donors (Lipinski definition) is 3. The Balaban J connectivity index is 2.18. The Morgan fingerprint density at radius 2 is 1.74 bits per heavy atom. The van der Waals surface area contributed by atoms with Crippen LogP contribution in [0.1, 0.15) is 78.7 Å². The van der Waals surface area contributed by atoms with E-state index in [9.17, 15) is 17.4 Å². The first kappa shape index (κ1) is 29.5. The van der Waals surface area contributed by atoms with E-state index in [1.165, 1.54) is 0 Å². The quantitative estimate of drug-likeness (QED) is 0.428. The van der Waals surface area contributed by atoms with Crippen LogP contribution in [0.3, 0.4) is 0 Å². The molecule has 0 saturated heterocycles. The molecule has 3 atom stereocenters. The molecule has 198 valence electrons. The third kappa shape index (κ3) is 8.16. The van der Waals surface area contributed by atoms with E-state index in [1.54, 1.807) is 33.3 Å². The van der Waals surface area contributed by atoms with Crippen LogP contribution in [0, 0.1) is 5.41 Å². The molecule has 0 fully saturated rings. The first-order valence-corrected chi connectivity index (χ1v) is 15.1. The number of carbonyl (C=O) groups is 1. The van der Waals surface area contributed by atoms with Gasteiger partial charge in [0.25, 0.3) is 11.2 Å². The number of Topliss-reactive ketones (excluding diaryl/α,β-unsaturated/α-hetero) is 1. The van der Waals surface area contributed by atoms with Crippen molar-refractivity contribution in [2.24, 2.45) is 14.2 Å². The minimum Gasteiger partial charge on any atom is -0.467 e. The maximum Gasteiger partial charge on any atom is 0.269 e. The van der Waals surface area contributed by atoms with E-state index >= 15 is 0 Å². The lowest BCUT2D eigenvalue weighted by molar-refractivity contribution is -0.116. The number of rotatable bonds is 9. The number of hydrogen-bond acceptors (Lipinski definition) is 8. The van der Waals surface area contributed by atoms with Crippen molar-refractivity contribution in [3.8, 4) is 0 Å². The number of sulfonamides is 1. The van der Waals surface area contributed by atoms with Crippen molar-refractivity contribution in [2.75, 3.05) is 12.8 Å². The molecule has 0 amide bonds. The van der Waals surface area contributed by atoms with E-state index in [4.69, 9.17) is 4.42 Å². The fourth-order valence-electron chi connectivity index (χ4n) is 3.31. The van der Waals surface area contributed by atoms with E-state index in [-0.39, 0.29) is 29.7 Å². The molecule has 0 spiro atoms. The van der Waals surface area contributed by atoms with Gasteiger partial charge in [-0.05, 0) is 50.0 Å². The molecule has 2 unspecified atom stereocenters. The van der Waals surface area contributed by atoms with Crippen LogP contribution in [0.5, 0.6) is 0 Å². The molecule has 13 heteroatoms. The fraction of sp³-hybridized carbons (Fsp3) is 0.682. The summed E-state index contributed by atoms with van der Waals surface area (Å²) < 4.78 is 52.5. The Morgan fingerprint density at radius 3 is 2.23 bits per heavy atom. The zero-order chi connectivity index (χ0) is 26.8. The summed E-state index contributed by atoms with van der Waals surface area (Å²) in [6, 6.07) is 1.64. The highest BCUT2D eigenvalue weighted by Crippen LogP contribution is 2.35. The molecular weight excluding hydrogens is 510 g/mol. The molecule has 2 heterocycles. The van der Waals surface area contributed by atoms with Gasteiger partial charge in [-0.25, -0.2) is 17.3 Å². The molecule has 2 rings (SSSR count). The summed E-state index contributed by atoms with van der Waals surface area (Å²) >= 11 is -0.942. The third-order valence-corrected chi connectivity index (χ3v) is 9.37. The SMILES string of the molecule is CSC(C(=O)CNC1=NS(=O)N=C1N[C@@H](c1cc(C(C)C)co1)C(C)(C)C)S(=O)(=O)NC(C)(C)C. The van der Waals surface area contributed by atoms with E-state index in [0.717, 1.165) is 17.3 Å². The highest BCUT2D eigenvalue weighted by Gasteiger charge is 2.36. The smallest absolute Gasteiger partial charge is 0.269 e. The van der Waals surface area contributed by atoms with Crippen LogP contribution in [0.4, 0.5) is 0 Å². The van der Waals surface area contributed by atoms with Crippen LogP contribution in [0.15, 0.2) is 25.5 Å². The molecule has 0 radical (unpaired) electrons. The average Bonchev–Trinajstić information content (AvgIpc) is 3.28. The van der Waals surface area contributed by atoms with Gasteiger partial charge >= 0.3 is 0 Å². The topological polar surface area (TPSA) is 142 Å². The maximum absolute atomic E-state index is 12.8. The summed E-state index contributed by atoms with van der Waals surface area (Å²) in [5.74, 6) is 0.771. The van der Waals surface area contributed by atoms with Crippen molar-refractivity contribution in [3.05, 3.63) is 23.7 Å². The second-order valence-corrected chi connectivity index (χ2v) is 14.6. The zero-order valence-corrected chi connectivity index (χ0v) is 24.2. The molecule has 35 heavy (non-hydrogen) atoms. The number of thioether (sulfide) groups is 1. The van der Waals surface area contributed by atoms with E-state index in [1.807, 2.05) is 26.8 Å². The van der Waals surface area contributed by atoms with Gasteiger partial charge in [-0.3, -0.25) is 4.79 Å². The van der Waals surface area contributed by atoms with Crippen molar-refractivity contribution in [3.63, 3.8) is 0 Å². The molecule has 3 N–H and O–H groups in total. The lowest BCUT2D eigenvalue weighted by Crippen LogP contribution is -2.50. The molecule has 0 aromatic carbocycles. The first-order chi connectivity index (χ1) is 15.9. The number of carbonyl (C=O) groups excluding carboxylic acids is 1. The van der Waals surface area contributed by atoms with Gasteiger partial charge in [0.15, 0.2) is 22.0 Å². The van der Waals surface area contributed by atoms with E-state index in [2.05, 4.69) is 38.0 Å². The Hall–Kier alpha value is -1.70. The van der Waals surface area contributed by atoms with Crippen LogP contribution < -0.4 is 15.4 Å². The predicted molar refractivity (Wildman–Crippen MR) is 143 cm³/mol. The summed E-state index contributed by atoms with van der Waals surface area (Å²) in [4.78, 5) is 12.8. The van der Waals surface area contributed by atoms with Crippen LogP contribution in [-0.2, 0) is 26.0 Å². The van der Waals surface area contributed by atoms with Crippen LogP contribution in [0.2, 0.25) is 0 Å². The second-order valence-electron chi connectivity index (χ2n) is 10.8. The summed E-state index contributed by atoms with van der Waals surface area (Å²) in [5.41, 5.74) is 0.0229. The lowest BCUT2D eigenvalue weighted by atomic mass is 9.84. The highest BCUT2D eigenvalue weighted by molar-refractivity contribution is 8.13. The largest absolute Gasteiger partial charge is 0.467 e. The Morgan fingerprint density at radius 1 is 1.14 bits per heavy atom. The van der Waals surface area contributed by atoms with Gasteiger partial charge in [0.1, 0.15) is 5.76 Å². The minimum absolute atomic E-state index is 0.127. The van der Waals surface area contributed by atoms with Gasteiger partial charge in [0, 0.05) is 5.54 Å². The monoisotopic (exact) mass is 547 g/mol. The summed E-state index contributed by atoms with van der Waals surface area (Å²) in [5, 5.41) is 6.08. The molecule has 10 nitrogen and oxygen atoms in total. The normalized spacial score (nSPS) is 18.7.